The summed E-state index contributed by atoms with van der Waals surface area (Å²) < 4.78 is 27.0. The van der Waals surface area contributed by atoms with Gasteiger partial charge < -0.3 is 5.32 Å². The molecule has 0 unspecified atom stereocenters. The van der Waals surface area contributed by atoms with Crippen LogP contribution in [0.4, 0.5) is 0 Å². The zero-order valence-electron chi connectivity index (χ0n) is 15.6. The molecule has 1 aromatic rings. The van der Waals surface area contributed by atoms with E-state index < -0.39 is 15.9 Å². The monoisotopic (exact) mass is 393 g/mol. The Labute approximate surface area is 160 Å². The average Bonchev–Trinajstić information content (AvgIpc) is 3.01. The first kappa shape index (κ1) is 19.8. The van der Waals surface area contributed by atoms with Gasteiger partial charge in [-0.05, 0) is 42.4 Å². The molecule has 8 heteroatoms. The molecular formula is C19H27N3O4S. The fourth-order valence-electron chi connectivity index (χ4n) is 4.09. The van der Waals surface area contributed by atoms with Gasteiger partial charge in [-0.2, -0.15) is 0 Å². The normalized spacial score (nSPS) is 22.9. The van der Waals surface area contributed by atoms with Crippen LogP contribution in [0.1, 0.15) is 38.2 Å². The van der Waals surface area contributed by atoms with Crippen molar-refractivity contribution < 1.29 is 18.0 Å². The largest absolute Gasteiger partial charge is 0.352 e. The minimum atomic E-state index is -3.89. The number of nitrogens with one attached hydrogen (secondary N) is 2. The summed E-state index contributed by atoms with van der Waals surface area (Å²) >= 11 is 0. The molecule has 2 amide bonds. The second-order valence-electron chi connectivity index (χ2n) is 7.58. The van der Waals surface area contributed by atoms with Crippen LogP contribution in [-0.2, 0) is 26.2 Å². The SMILES string of the molecule is CC(=O)NCc1ccc(S(=O)(=O)NC(=O)CN2C[C@H]3CCCC[C@H]3C2)cc1. The van der Waals surface area contributed by atoms with Gasteiger partial charge in [0.25, 0.3) is 10.0 Å². The number of benzene rings is 1. The van der Waals surface area contributed by atoms with Gasteiger partial charge in [-0.15, -0.1) is 0 Å². The van der Waals surface area contributed by atoms with E-state index in [0.717, 1.165) is 18.7 Å². The molecule has 0 bridgehead atoms. The lowest BCUT2D eigenvalue weighted by atomic mass is 9.82. The van der Waals surface area contributed by atoms with Gasteiger partial charge >= 0.3 is 0 Å². The third kappa shape index (κ3) is 5.29. The summed E-state index contributed by atoms with van der Waals surface area (Å²) in [5, 5.41) is 2.65. The van der Waals surface area contributed by atoms with Crippen molar-refractivity contribution in [1.82, 2.24) is 14.9 Å². The van der Waals surface area contributed by atoms with Gasteiger partial charge in [0.1, 0.15) is 0 Å². The second-order valence-corrected chi connectivity index (χ2v) is 9.26. The fourth-order valence-corrected chi connectivity index (χ4v) is 5.07. The first-order valence-corrected chi connectivity index (χ1v) is 10.9. The molecule has 0 aromatic heterocycles. The Hall–Kier alpha value is -1.93. The van der Waals surface area contributed by atoms with Crippen molar-refractivity contribution in [1.29, 1.82) is 0 Å². The predicted octanol–water partition coefficient (Wildman–Crippen LogP) is 1.25. The molecule has 7 nitrogen and oxygen atoms in total. The summed E-state index contributed by atoms with van der Waals surface area (Å²) in [6, 6.07) is 6.13. The Morgan fingerprint density at radius 3 is 2.22 bits per heavy atom. The van der Waals surface area contributed by atoms with Gasteiger partial charge in [0, 0.05) is 26.6 Å². The molecule has 1 heterocycles. The summed E-state index contributed by atoms with van der Waals surface area (Å²) in [7, 11) is -3.89. The maximum Gasteiger partial charge on any atom is 0.264 e. The topological polar surface area (TPSA) is 95.6 Å². The van der Waals surface area contributed by atoms with Gasteiger partial charge in [-0.1, -0.05) is 25.0 Å². The first-order chi connectivity index (χ1) is 12.8. The van der Waals surface area contributed by atoms with E-state index in [1.54, 1.807) is 12.1 Å². The Balaban J connectivity index is 1.54. The van der Waals surface area contributed by atoms with Crippen LogP contribution in [0.2, 0.25) is 0 Å². The van der Waals surface area contributed by atoms with Gasteiger partial charge in [-0.25, -0.2) is 13.1 Å². The molecular weight excluding hydrogens is 366 g/mol. The molecule has 3 rings (SSSR count). The smallest absolute Gasteiger partial charge is 0.264 e. The van der Waals surface area contributed by atoms with E-state index in [-0.39, 0.29) is 17.3 Å². The lowest BCUT2D eigenvalue weighted by Gasteiger charge is -2.23. The summed E-state index contributed by atoms with van der Waals surface area (Å²) in [6.45, 7) is 3.64. The van der Waals surface area contributed by atoms with Crippen molar-refractivity contribution in [2.75, 3.05) is 19.6 Å². The molecule has 27 heavy (non-hydrogen) atoms. The summed E-state index contributed by atoms with van der Waals surface area (Å²) in [6.07, 6.45) is 4.94. The molecule has 0 spiro atoms. The average molecular weight is 394 g/mol. The van der Waals surface area contributed by atoms with Crippen LogP contribution < -0.4 is 10.0 Å². The highest BCUT2D eigenvalue weighted by atomic mass is 32.2. The highest BCUT2D eigenvalue weighted by Gasteiger charge is 2.35. The van der Waals surface area contributed by atoms with Gasteiger partial charge in [0.05, 0.1) is 11.4 Å². The molecule has 2 atom stereocenters. The van der Waals surface area contributed by atoms with Crippen molar-refractivity contribution in [3.63, 3.8) is 0 Å². The number of fused-ring (bicyclic) bond motifs is 1. The van der Waals surface area contributed by atoms with Crippen molar-refractivity contribution in [2.45, 2.75) is 44.0 Å². The molecule has 2 aliphatic rings. The standard InChI is InChI=1S/C19H27N3O4S/c1-14(23)20-10-15-6-8-18(9-7-15)27(25,26)21-19(24)13-22-11-16-4-2-3-5-17(16)12-22/h6-9,16-17H,2-5,10-13H2,1H3,(H,20,23)(H,21,24)/t16-,17+. The number of amides is 2. The van der Waals surface area contributed by atoms with E-state index in [1.165, 1.54) is 44.7 Å². The third-order valence-electron chi connectivity index (χ3n) is 5.44. The second kappa shape index (κ2) is 8.39. The zero-order chi connectivity index (χ0) is 19.4. The van der Waals surface area contributed by atoms with Crippen molar-refractivity contribution >= 4 is 21.8 Å². The Bertz CT molecular complexity index is 778. The lowest BCUT2D eigenvalue weighted by Crippen LogP contribution is -2.39. The van der Waals surface area contributed by atoms with Crippen molar-refractivity contribution in [2.24, 2.45) is 11.8 Å². The van der Waals surface area contributed by atoms with Gasteiger partial charge in [0.15, 0.2) is 0 Å². The van der Waals surface area contributed by atoms with E-state index >= 15 is 0 Å². The first-order valence-electron chi connectivity index (χ1n) is 9.45. The Kier molecular flexibility index (Phi) is 6.16. The maximum atomic E-state index is 12.4. The fraction of sp³-hybridized carbons (Fsp3) is 0.579. The number of hydrogen-bond donors (Lipinski definition) is 2. The number of rotatable bonds is 6. The molecule has 1 aliphatic carbocycles. The van der Waals surface area contributed by atoms with E-state index in [2.05, 4.69) is 14.9 Å². The molecule has 1 aliphatic heterocycles. The number of nitrogens with zero attached hydrogens (tertiary/aromatic N) is 1. The van der Waals surface area contributed by atoms with Crippen molar-refractivity contribution in [3.8, 4) is 0 Å². The minimum absolute atomic E-state index is 0.0394. The number of sulfonamides is 1. The van der Waals surface area contributed by atoms with Crippen LogP contribution in [0, 0.1) is 11.8 Å². The quantitative estimate of drug-likeness (QED) is 0.758. The number of carbonyl (C=O) groups excluding carboxylic acids is 2. The van der Waals surface area contributed by atoms with Crippen LogP contribution >= 0.6 is 0 Å². The van der Waals surface area contributed by atoms with E-state index in [4.69, 9.17) is 0 Å². The summed E-state index contributed by atoms with van der Waals surface area (Å²) in [5.74, 6) is 0.662. The maximum absolute atomic E-state index is 12.4. The molecule has 2 fully saturated rings. The molecule has 0 radical (unpaired) electrons. The van der Waals surface area contributed by atoms with E-state index in [1.807, 2.05) is 0 Å². The number of likely N-dealkylation sites (tertiary alicyclic amines) is 1. The van der Waals surface area contributed by atoms with Crippen LogP contribution in [-0.4, -0.2) is 44.8 Å². The van der Waals surface area contributed by atoms with Gasteiger partial charge in [-0.3, -0.25) is 14.5 Å². The molecule has 148 valence electrons. The van der Waals surface area contributed by atoms with Gasteiger partial charge in [0.2, 0.25) is 11.8 Å². The number of carbonyl (C=O) groups is 2. The minimum Gasteiger partial charge on any atom is -0.352 e. The van der Waals surface area contributed by atoms with Crippen LogP contribution in [0.15, 0.2) is 29.2 Å². The number of hydrogen-bond acceptors (Lipinski definition) is 5. The molecule has 1 aromatic carbocycles. The molecule has 1 saturated heterocycles. The molecule has 2 N–H and O–H groups in total. The van der Waals surface area contributed by atoms with E-state index in [9.17, 15) is 18.0 Å². The zero-order valence-corrected chi connectivity index (χ0v) is 16.4. The van der Waals surface area contributed by atoms with E-state index in [0.29, 0.717) is 18.4 Å². The predicted molar refractivity (Wildman–Crippen MR) is 101 cm³/mol. The highest BCUT2D eigenvalue weighted by Crippen LogP contribution is 2.35. The third-order valence-corrected chi connectivity index (χ3v) is 6.83. The Morgan fingerprint density at radius 2 is 1.67 bits per heavy atom. The van der Waals surface area contributed by atoms with Crippen LogP contribution in [0.5, 0.6) is 0 Å². The summed E-state index contributed by atoms with van der Waals surface area (Å²) in [4.78, 5) is 25.3. The Morgan fingerprint density at radius 1 is 1.07 bits per heavy atom. The summed E-state index contributed by atoms with van der Waals surface area (Å²) in [5.41, 5.74) is 0.787. The van der Waals surface area contributed by atoms with Crippen LogP contribution in [0.25, 0.3) is 0 Å². The highest BCUT2D eigenvalue weighted by molar-refractivity contribution is 7.90. The van der Waals surface area contributed by atoms with Crippen molar-refractivity contribution in [3.05, 3.63) is 29.8 Å². The lowest BCUT2D eigenvalue weighted by molar-refractivity contribution is -0.120. The van der Waals surface area contributed by atoms with Crippen LogP contribution in [0.3, 0.4) is 0 Å². The molecule has 1 saturated carbocycles.